The number of carbonyl (C=O) groups excluding carboxylic acids is 1. The highest BCUT2D eigenvalue weighted by molar-refractivity contribution is 9.10. The van der Waals surface area contributed by atoms with E-state index < -0.39 is 5.97 Å². The van der Waals surface area contributed by atoms with E-state index >= 15 is 0 Å². The van der Waals surface area contributed by atoms with E-state index in [1.807, 2.05) is 0 Å². The van der Waals surface area contributed by atoms with Crippen LogP contribution in [-0.4, -0.2) is 24.7 Å². The fourth-order valence-electron chi connectivity index (χ4n) is 1.09. The summed E-state index contributed by atoms with van der Waals surface area (Å²) < 4.78 is 10.6. The van der Waals surface area contributed by atoms with Crippen LogP contribution < -0.4 is 4.74 Å². The topological polar surface area (TPSA) is 48.4 Å². The van der Waals surface area contributed by atoms with Gasteiger partial charge in [-0.2, -0.15) is 0 Å². The van der Waals surface area contributed by atoms with E-state index in [0.717, 1.165) is 12.8 Å². The minimum absolute atomic E-state index is 0.408. The van der Waals surface area contributed by atoms with Gasteiger partial charge in [0.1, 0.15) is 0 Å². The molecule has 0 unspecified atom stereocenters. The number of unbranched alkanes of at least 4 members (excludes halogenated alkanes) is 1. The molecule has 0 aliphatic rings. The summed E-state index contributed by atoms with van der Waals surface area (Å²) in [6, 6.07) is 1.57. The Labute approximate surface area is 103 Å². The van der Waals surface area contributed by atoms with Crippen LogP contribution in [0, 0.1) is 0 Å². The first-order valence-corrected chi connectivity index (χ1v) is 5.85. The van der Waals surface area contributed by atoms with Crippen molar-refractivity contribution >= 4 is 21.9 Å². The smallest absolute Gasteiger partial charge is 0.339 e. The lowest BCUT2D eigenvalue weighted by molar-refractivity contribution is 0.0599. The number of ether oxygens (including phenoxy) is 2. The SMILES string of the molecule is CCCCOc1cc(C(=O)OC)c(Br)cn1. The molecule has 0 amide bonds. The average molecular weight is 288 g/mol. The molecule has 1 aromatic heterocycles. The van der Waals surface area contributed by atoms with Crippen molar-refractivity contribution < 1.29 is 14.3 Å². The van der Waals surface area contributed by atoms with Crippen LogP contribution in [0.25, 0.3) is 0 Å². The maximum absolute atomic E-state index is 11.4. The van der Waals surface area contributed by atoms with Crippen LogP contribution in [0.5, 0.6) is 5.88 Å². The fourth-order valence-corrected chi connectivity index (χ4v) is 1.46. The Bertz CT molecular complexity index is 368. The normalized spacial score (nSPS) is 9.94. The highest BCUT2D eigenvalue weighted by Gasteiger charge is 2.12. The highest BCUT2D eigenvalue weighted by atomic mass is 79.9. The lowest BCUT2D eigenvalue weighted by Crippen LogP contribution is -2.05. The summed E-state index contributed by atoms with van der Waals surface area (Å²) in [4.78, 5) is 15.4. The Morgan fingerprint density at radius 3 is 2.94 bits per heavy atom. The average Bonchev–Trinajstić information content (AvgIpc) is 2.30. The molecule has 5 heteroatoms. The highest BCUT2D eigenvalue weighted by Crippen LogP contribution is 2.20. The largest absolute Gasteiger partial charge is 0.478 e. The van der Waals surface area contributed by atoms with Gasteiger partial charge in [0.25, 0.3) is 0 Å². The molecule has 88 valence electrons. The van der Waals surface area contributed by atoms with E-state index in [0.29, 0.717) is 22.5 Å². The molecule has 0 saturated carbocycles. The molecule has 0 aliphatic heterocycles. The van der Waals surface area contributed by atoms with Gasteiger partial charge in [-0.1, -0.05) is 13.3 Å². The van der Waals surface area contributed by atoms with E-state index in [1.165, 1.54) is 13.3 Å². The zero-order chi connectivity index (χ0) is 12.0. The van der Waals surface area contributed by atoms with Crippen molar-refractivity contribution in [3.8, 4) is 5.88 Å². The summed E-state index contributed by atoms with van der Waals surface area (Å²) >= 11 is 3.23. The van der Waals surface area contributed by atoms with Gasteiger partial charge in [0, 0.05) is 12.3 Å². The molecule has 0 fully saturated rings. The summed E-state index contributed by atoms with van der Waals surface area (Å²) in [5.41, 5.74) is 0.420. The summed E-state index contributed by atoms with van der Waals surface area (Å²) in [6.45, 7) is 2.68. The van der Waals surface area contributed by atoms with Crippen molar-refractivity contribution in [2.24, 2.45) is 0 Å². The zero-order valence-electron chi connectivity index (χ0n) is 9.33. The van der Waals surface area contributed by atoms with Gasteiger partial charge in [-0.05, 0) is 22.4 Å². The number of pyridine rings is 1. The first-order valence-electron chi connectivity index (χ1n) is 5.05. The minimum atomic E-state index is -0.408. The van der Waals surface area contributed by atoms with Gasteiger partial charge < -0.3 is 9.47 Å². The van der Waals surface area contributed by atoms with Gasteiger partial charge in [-0.3, -0.25) is 0 Å². The zero-order valence-corrected chi connectivity index (χ0v) is 10.9. The van der Waals surface area contributed by atoms with Gasteiger partial charge in [0.2, 0.25) is 5.88 Å². The van der Waals surface area contributed by atoms with Crippen LogP contribution in [0.2, 0.25) is 0 Å². The molecule has 0 bridgehead atoms. The molecule has 4 nitrogen and oxygen atoms in total. The molecule has 1 heterocycles. The third-order valence-electron chi connectivity index (χ3n) is 1.98. The number of carbonyl (C=O) groups is 1. The molecular weight excluding hydrogens is 274 g/mol. The van der Waals surface area contributed by atoms with Crippen molar-refractivity contribution in [3.05, 3.63) is 22.3 Å². The molecule has 0 atom stereocenters. The van der Waals surface area contributed by atoms with Crippen molar-refractivity contribution in [3.63, 3.8) is 0 Å². The maximum atomic E-state index is 11.4. The van der Waals surface area contributed by atoms with Crippen molar-refractivity contribution in [1.82, 2.24) is 4.98 Å². The number of halogens is 1. The second kappa shape index (κ2) is 6.48. The molecule has 0 aliphatic carbocycles. The number of methoxy groups -OCH3 is 1. The molecule has 1 rings (SSSR count). The number of hydrogen-bond donors (Lipinski definition) is 0. The Morgan fingerprint density at radius 1 is 1.56 bits per heavy atom. The van der Waals surface area contributed by atoms with E-state index in [-0.39, 0.29) is 0 Å². The summed E-state index contributed by atoms with van der Waals surface area (Å²) in [5.74, 6) is 0.0340. The van der Waals surface area contributed by atoms with Crippen LogP contribution in [0.15, 0.2) is 16.7 Å². The summed E-state index contributed by atoms with van der Waals surface area (Å²) in [6.07, 6.45) is 3.55. The quantitative estimate of drug-likeness (QED) is 0.617. The van der Waals surface area contributed by atoms with Crippen LogP contribution in [0.4, 0.5) is 0 Å². The minimum Gasteiger partial charge on any atom is -0.478 e. The number of hydrogen-bond acceptors (Lipinski definition) is 4. The Balaban J connectivity index is 2.77. The van der Waals surface area contributed by atoms with Crippen molar-refractivity contribution in [2.75, 3.05) is 13.7 Å². The van der Waals surface area contributed by atoms with E-state index in [2.05, 4.69) is 32.6 Å². The van der Waals surface area contributed by atoms with Crippen molar-refractivity contribution in [1.29, 1.82) is 0 Å². The molecule has 0 spiro atoms. The van der Waals surface area contributed by atoms with Gasteiger partial charge in [-0.25, -0.2) is 9.78 Å². The molecule has 0 radical (unpaired) electrons. The van der Waals surface area contributed by atoms with E-state index in [9.17, 15) is 4.79 Å². The first kappa shape index (κ1) is 13.0. The predicted octanol–water partition coefficient (Wildman–Crippen LogP) is 2.81. The van der Waals surface area contributed by atoms with Gasteiger partial charge >= 0.3 is 5.97 Å². The van der Waals surface area contributed by atoms with E-state index in [1.54, 1.807) is 6.07 Å². The molecule has 0 saturated heterocycles. The summed E-state index contributed by atoms with van der Waals surface area (Å²) in [5, 5.41) is 0. The van der Waals surface area contributed by atoms with Crippen LogP contribution in [-0.2, 0) is 4.74 Å². The summed E-state index contributed by atoms with van der Waals surface area (Å²) in [7, 11) is 1.34. The standard InChI is InChI=1S/C11H14BrNO3/c1-3-4-5-16-10-6-8(11(14)15-2)9(12)7-13-10/h6-7H,3-5H2,1-2H3. The fraction of sp³-hybridized carbons (Fsp3) is 0.455. The van der Waals surface area contributed by atoms with E-state index in [4.69, 9.17) is 4.74 Å². The van der Waals surface area contributed by atoms with Crippen molar-refractivity contribution in [2.45, 2.75) is 19.8 Å². The molecule has 0 aromatic carbocycles. The Kier molecular flexibility index (Phi) is 5.25. The van der Waals surface area contributed by atoms with Gasteiger partial charge in [-0.15, -0.1) is 0 Å². The molecular formula is C11H14BrNO3. The molecule has 0 N–H and O–H groups in total. The molecule has 1 aromatic rings. The lowest BCUT2D eigenvalue weighted by atomic mass is 10.3. The number of esters is 1. The van der Waals surface area contributed by atoms with Gasteiger partial charge in [0.05, 0.1) is 23.8 Å². The lowest BCUT2D eigenvalue weighted by Gasteiger charge is -2.07. The van der Waals surface area contributed by atoms with Crippen LogP contribution in [0.1, 0.15) is 30.1 Å². The second-order valence-corrected chi connectivity index (χ2v) is 4.05. The predicted molar refractivity (Wildman–Crippen MR) is 63.7 cm³/mol. The monoisotopic (exact) mass is 287 g/mol. The van der Waals surface area contributed by atoms with Crippen LogP contribution >= 0.6 is 15.9 Å². The maximum Gasteiger partial charge on any atom is 0.339 e. The number of nitrogens with zero attached hydrogens (tertiary/aromatic N) is 1. The van der Waals surface area contributed by atoms with Gasteiger partial charge in [0.15, 0.2) is 0 Å². The third-order valence-corrected chi connectivity index (χ3v) is 2.62. The second-order valence-electron chi connectivity index (χ2n) is 3.20. The number of aromatic nitrogens is 1. The molecule has 16 heavy (non-hydrogen) atoms. The Hall–Kier alpha value is -1.10. The first-order chi connectivity index (χ1) is 7.69. The number of rotatable bonds is 5. The van der Waals surface area contributed by atoms with Crippen LogP contribution in [0.3, 0.4) is 0 Å². The third kappa shape index (κ3) is 3.48. The Morgan fingerprint density at radius 2 is 2.31 bits per heavy atom.